The van der Waals surface area contributed by atoms with E-state index >= 15 is 0 Å². The van der Waals surface area contributed by atoms with Gasteiger partial charge < -0.3 is 19.4 Å². The first kappa shape index (κ1) is 14.9. The van der Waals surface area contributed by atoms with Crippen molar-refractivity contribution >= 4 is 0 Å². The highest BCUT2D eigenvalue weighted by atomic mass is 16.5. The fraction of sp³-hybridized carbons (Fsp3) is 0.867. The molecule has 3 rings (SSSR count). The van der Waals surface area contributed by atoms with E-state index in [9.17, 15) is 5.11 Å². The Bertz CT molecular complexity index is 456. The van der Waals surface area contributed by atoms with Crippen molar-refractivity contribution in [2.45, 2.75) is 50.2 Å². The van der Waals surface area contributed by atoms with Crippen molar-refractivity contribution in [2.24, 2.45) is 0 Å². The van der Waals surface area contributed by atoms with Gasteiger partial charge in [-0.3, -0.25) is 0 Å². The van der Waals surface area contributed by atoms with Crippen LogP contribution in [-0.4, -0.2) is 70.9 Å². The summed E-state index contributed by atoms with van der Waals surface area (Å²) in [6.07, 6.45) is 4.30. The molecule has 1 saturated carbocycles. The van der Waals surface area contributed by atoms with Crippen LogP contribution in [0.3, 0.4) is 0 Å². The van der Waals surface area contributed by atoms with Crippen LogP contribution in [0.5, 0.6) is 0 Å². The number of hydrogen-bond donors (Lipinski definition) is 1. The molecule has 1 unspecified atom stereocenters. The molecule has 1 aromatic heterocycles. The van der Waals surface area contributed by atoms with E-state index in [2.05, 4.69) is 34.0 Å². The van der Waals surface area contributed by atoms with Crippen LogP contribution in [0.1, 0.15) is 43.3 Å². The summed E-state index contributed by atoms with van der Waals surface area (Å²) in [5.74, 6) is 1.92. The fourth-order valence-corrected chi connectivity index (χ4v) is 3.37. The normalized spacial score (nSPS) is 32.4. The second-order valence-corrected chi connectivity index (χ2v) is 6.66. The van der Waals surface area contributed by atoms with Gasteiger partial charge in [0.25, 0.3) is 0 Å². The van der Waals surface area contributed by atoms with E-state index in [1.807, 2.05) is 0 Å². The zero-order valence-corrected chi connectivity index (χ0v) is 13.0. The van der Waals surface area contributed by atoms with Crippen LogP contribution in [0.2, 0.25) is 0 Å². The molecule has 2 heterocycles. The Hall–Kier alpha value is -0.980. The van der Waals surface area contributed by atoms with Crippen LogP contribution in [0.15, 0.2) is 4.52 Å². The highest BCUT2D eigenvalue weighted by Crippen LogP contribution is 2.31. The Kier molecular flexibility index (Phi) is 4.57. The minimum Gasteiger partial charge on any atom is -0.393 e. The second kappa shape index (κ2) is 6.42. The number of aromatic nitrogens is 2. The number of likely N-dealkylation sites (N-methyl/N-ethyl adjacent to an activating group) is 2. The molecule has 6 heteroatoms. The molecular weight excluding hydrogens is 268 g/mol. The van der Waals surface area contributed by atoms with Crippen LogP contribution in [0.4, 0.5) is 0 Å². The molecule has 2 fully saturated rings. The van der Waals surface area contributed by atoms with Gasteiger partial charge in [-0.25, -0.2) is 0 Å². The lowest BCUT2D eigenvalue weighted by Gasteiger charge is -2.37. The van der Waals surface area contributed by atoms with E-state index in [4.69, 9.17) is 4.52 Å². The lowest BCUT2D eigenvalue weighted by Crippen LogP contribution is -2.50. The summed E-state index contributed by atoms with van der Waals surface area (Å²) >= 11 is 0. The lowest BCUT2D eigenvalue weighted by molar-refractivity contribution is 0.112. The number of aliphatic hydroxyl groups is 1. The monoisotopic (exact) mass is 294 g/mol. The van der Waals surface area contributed by atoms with Crippen LogP contribution in [-0.2, 0) is 6.42 Å². The predicted octanol–water partition coefficient (Wildman–Crippen LogP) is 0.876. The molecule has 1 N–H and O–H groups in total. The van der Waals surface area contributed by atoms with E-state index in [-0.39, 0.29) is 6.10 Å². The van der Waals surface area contributed by atoms with Crippen molar-refractivity contribution in [3.8, 4) is 0 Å². The highest BCUT2D eigenvalue weighted by molar-refractivity contribution is 4.98. The van der Waals surface area contributed by atoms with E-state index in [0.29, 0.717) is 12.0 Å². The summed E-state index contributed by atoms with van der Waals surface area (Å²) in [7, 11) is 4.33. The van der Waals surface area contributed by atoms with Crippen molar-refractivity contribution in [1.82, 2.24) is 19.9 Å². The summed E-state index contributed by atoms with van der Waals surface area (Å²) in [5.41, 5.74) is 0. The van der Waals surface area contributed by atoms with E-state index < -0.39 is 0 Å². The van der Waals surface area contributed by atoms with Gasteiger partial charge in [-0.15, -0.1) is 0 Å². The van der Waals surface area contributed by atoms with Gasteiger partial charge in [0.05, 0.1) is 6.10 Å². The molecule has 0 radical (unpaired) electrons. The van der Waals surface area contributed by atoms with Gasteiger partial charge >= 0.3 is 0 Å². The van der Waals surface area contributed by atoms with Gasteiger partial charge in [-0.2, -0.15) is 4.98 Å². The standard InChI is InChI=1S/C15H26N4O2/c1-18-7-8-19(2)12(10-18)9-14-16-15(21-17-14)11-3-5-13(20)6-4-11/h11-13,20H,3-10H2,1-2H3. The fourth-order valence-electron chi connectivity index (χ4n) is 3.37. The third-order valence-corrected chi connectivity index (χ3v) is 4.93. The first-order valence-electron chi connectivity index (χ1n) is 8.01. The van der Waals surface area contributed by atoms with E-state index in [1.165, 1.54) is 0 Å². The molecule has 118 valence electrons. The van der Waals surface area contributed by atoms with Gasteiger partial charge in [0.1, 0.15) is 0 Å². The molecule has 1 aliphatic heterocycles. The first-order valence-corrected chi connectivity index (χ1v) is 8.01. The number of rotatable bonds is 3. The number of aliphatic hydroxyl groups excluding tert-OH is 1. The summed E-state index contributed by atoms with van der Waals surface area (Å²) < 4.78 is 5.47. The van der Waals surface area contributed by atoms with Crippen LogP contribution < -0.4 is 0 Å². The summed E-state index contributed by atoms with van der Waals surface area (Å²) in [6.45, 7) is 3.26. The summed E-state index contributed by atoms with van der Waals surface area (Å²) in [4.78, 5) is 9.35. The Balaban J connectivity index is 1.59. The summed E-state index contributed by atoms with van der Waals surface area (Å²) in [5, 5.41) is 13.7. The predicted molar refractivity (Wildman–Crippen MR) is 79.1 cm³/mol. The highest BCUT2D eigenvalue weighted by Gasteiger charge is 2.27. The zero-order valence-electron chi connectivity index (χ0n) is 13.0. The molecular formula is C15H26N4O2. The van der Waals surface area contributed by atoms with E-state index in [0.717, 1.165) is 63.5 Å². The lowest BCUT2D eigenvalue weighted by atomic mass is 9.87. The van der Waals surface area contributed by atoms with Crippen molar-refractivity contribution in [1.29, 1.82) is 0 Å². The van der Waals surface area contributed by atoms with Crippen LogP contribution in [0.25, 0.3) is 0 Å². The molecule has 1 atom stereocenters. The minimum absolute atomic E-state index is 0.143. The van der Waals surface area contributed by atoms with Gasteiger partial charge in [0.2, 0.25) is 5.89 Å². The Morgan fingerprint density at radius 3 is 2.71 bits per heavy atom. The molecule has 2 aliphatic rings. The molecule has 6 nitrogen and oxygen atoms in total. The number of piperazine rings is 1. The van der Waals surface area contributed by atoms with Crippen molar-refractivity contribution in [2.75, 3.05) is 33.7 Å². The van der Waals surface area contributed by atoms with E-state index in [1.54, 1.807) is 0 Å². The van der Waals surface area contributed by atoms with Crippen molar-refractivity contribution in [3.05, 3.63) is 11.7 Å². The first-order chi connectivity index (χ1) is 10.1. The van der Waals surface area contributed by atoms with Crippen molar-refractivity contribution < 1.29 is 9.63 Å². The molecule has 0 spiro atoms. The van der Waals surface area contributed by atoms with Gasteiger partial charge in [0.15, 0.2) is 5.82 Å². The molecule has 0 aromatic carbocycles. The maximum absolute atomic E-state index is 9.57. The topological polar surface area (TPSA) is 65.6 Å². The van der Waals surface area contributed by atoms with Gasteiger partial charge in [0, 0.05) is 38.0 Å². The maximum atomic E-state index is 9.57. The van der Waals surface area contributed by atoms with Crippen LogP contribution >= 0.6 is 0 Å². The average Bonchev–Trinajstić information content (AvgIpc) is 2.92. The number of hydrogen-bond acceptors (Lipinski definition) is 6. The second-order valence-electron chi connectivity index (χ2n) is 6.66. The molecule has 1 saturated heterocycles. The smallest absolute Gasteiger partial charge is 0.229 e. The Morgan fingerprint density at radius 2 is 1.95 bits per heavy atom. The Labute approximate surface area is 126 Å². The number of nitrogens with zero attached hydrogens (tertiary/aromatic N) is 4. The molecule has 1 aromatic rings. The Morgan fingerprint density at radius 1 is 1.19 bits per heavy atom. The third kappa shape index (κ3) is 3.62. The maximum Gasteiger partial charge on any atom is 0.229 e. The quantitative estimate of drug-likeness (QED) is 0.892. The molecule has 0 bridgehead atoms. The third-order valence-electron chi connectivity index (χ3n) is 4.93. The molecule has 21 heavy (non-hydrogen) atoms. The summed E-state index contributed by atoms with van der Waals surface area (Å²) in [6, 6.07) is 0.461. The van der Waals surface area contributed by atoms with Gasteiger partial charge in [-0.1, -0.05) is 5.16 Å². The molecule has 0 amide bonds. The average molecular weight is 294 g/mol. The largest absolute Gasteiger partial charge is 0.393 e. The van der Waals surface area contributed by atoms with Gasteiger partial charge in [-0.05, 0) is 39.8 Å². The zero-order chi connectivity index (χ0) is 14.8. The van der Waals surface area contributed by atoms with Crippen LogP contribution in [0, 0.1) is 0 Å². The molecule has 1 aliphatic carbocycles. The minimum atomic E-state index is -0.143. The van der Waals surface area contributed by atoms with Crippen molar-refractivity contribution in [3.63, 3.8) is 0 Å². The SMILES string of the molecule is CN1CCN(C)C(Cc2noc(C3CCC(O)CC3)n2)C1.